The van der Waals surface area contributed by atoms with Gasteiger partial charge in [-0.25, -0.2) is 0 Å². The molecule has 1 amide bonds. The fourth-order valence-corrected chi connectivity index (χ4v) is 2.93. The van der Waals surface area contributed by atoms with Gasteiger partial charge in [-0.15, -0.1) is 12.4 Å². The van der Waals surface area contributed by atoms with Gasteiger partial charge in [-0.3, -0.25) is 4.79 Å². The second kappa shape index (κ2) is 5.51. The van der Waals surface area contributed by atoms with Crippen molar-refractivity contribution < 1.29 is 4.79 Å². The molecule has 1 atom stereocenters. The van der Waals surface area contributed by atoms with Gasteiger partial charge in [0.25, 0.3) is 0 Å². The fraction of sp³-hybridized carbons (Fsp3) is 0.533. The number of carbonyl (C=O) groups excluding carboxylic acids is 1. The summed E-state index contributed by atoms with van der Waals surface area (Å²) in [7, 11) is 0. The van der Waals surface area contributed by atoms with E-state index >= 15 is 0 Å². The zero-order chi connectivity index (χ0) is 12.6. The summed E-state index contributed by atoms with van der Waals surface area (Å²) >= 11 is 0. The van der Waals surface area contributed by atoms with Crippen LogP contribution in [-0.2, 0) is 10.2 Å². The van der Waals surface area contributed by atoms with Crippen LogP contribution in [0.1, 0.15) is 25.3 Å². The SMILES string of the molecule is C[C@@H]1CN(C(=O)C2(c3ccccc3)CC2)CCN1.Cl. The van der Waals surface area contributed by atoms with Crippen LogP contribution in [0.15, 0.2) is 30.3 Å². The van der Waals surface area contributed by atoms with Crippen LogP contribution in [0.25, 0.3) is 0 Å². The molecule has 3 rings (SSSR count). The van der Waals surface area contributed by atoms with Crippen molar-refractivity contribution in [2.24, 2.45) is 0 Å². The number of carbonyl (C=O) groups is 1. The van der Waals surface area contributed by atoms with Crippen LogP contribution in [0.4, 0.5) is 0 Å². The molecule has 104 valence electrons. The molecule has 1 aromatic carbocycles. The highest BCUT2D eigenvalue weighted by Crippen LogP contribution is 2.49. The van der Waals surface area contributed by atoms with E-state index in [0.717, 1.165) is 32.5 Å². The van der Waals surface area contributed by atoms with Gasteiger partial charge in [0.2, 0.25) is 5.91 Å². The van der Waals surface area contributed by atoms with E-state index in [1.807, 2.05) is 23.1 Å². The number of halogens is 1. The fourth-order valence-electron chi connectivity index (χ4n) is 2.93. The second-order valence-electron chi connectivity index (χ2n) is 5.55. The Bertz CT molecular complexity index is 445. The van der Waals surface area contributed by atoms with Crippen LogP contribution >= 0.6 is 12.4 Å². The Morgan fingerprint density at radius 3 is 2.58 bits per heavy atom. The van der Waals surface area contributed by atoms with Gasteiger partial charge in [0.15, 0.2) is 0 Å². The van der Waals surface area contributed by atoms with Crippen molar-refractivity contribution in [3.63, 3.8) is 0 Å². The minimum atomic E-state index is -0.196. The zero-order valence-corrected chi connectivity index (χ0v) is 12.1. The quantitative estimate of drug-likeness (QED) is 0.898. The third-order valence-corrected chi connectivity index (χ3v) is 4.14. The molecular weight excluding hydrogens is 260 g/mol. The lowest BCUT2D eigenvalue weighted by molar-refractivity contribution is -0.135. The van der Waals surface area contributed by atoms with Gasteiger partial charge in [0.05, 0.1) is 5.41 Å². The lowest BCUT2D eigenvalue weighted by atomic mass is 9.94. The Hall–Kier alpha value is -1.06. The second-order valence-corrected chi connectivity index (χ2v) is 5.55. The molecule has 1 N–H and O–H groups in total. The van der Waals surface area contributed by atoms with Crippen molar-refractivity contribution in [1.82, 2.24) is 10.2 Å². The standard InChI is InChI=1S/C15H20N2O.ClH/c1-12-11-17(10-9-16-12)14(18)15(7-8-15)13-5-3-2-4-6-13;/h2-6,12,16H,7-11H2,1H3;1H/t12-;/m1./s1. The van der Waals surface area contributed by atoms with Gasteiger partial charge >= 0.3 is 0 Å². The number of piperazine rings is 1. The molecule has 2 fully saturated rings. The smallest absolute Gasteiger partial charge is 0.233 e. The first-order valence-corrected chi connectivity index (χ1v) is 6.81. The van der Waals surface area contributed by atoms with Crippen LogP contribution in [0.3, 0.4) is 0 Å². The summed E-state index contributed by atoms with van der Waals surface area (Å²) in [5.41, 5.74) is 0.999. The van der Waals surface area contributed by atoms with Crippen molar-refractivity contribution in [3.05, 3.63) is 35.9 Å². The van der Waals surface area contributed by atoms with E-state index in [1.54, 1.807) is 0 Å². The Balaban J connectivity index is 0.00000133. The molecule has 0 aromatic heterocycles. The molecule has 1 aromatic rings. The first-order valence-electron chi connectivity index (χ1n) is 6.81. The highest BCUT2D eigenvalue weighted by Gasteiger charge is 2.53. The van der Waals surface area contributed by atoms with Gasteiger partial charge in [-0.1, -0.05) is 30.3 Å². The van der Waals surface area contributed by atoms with Gasteiger partial charge in [-0.05, 0) is 25.3 Å². The normalized spacial score (nSPS) is 24.5. The van der Waals surface area contributed by atoms with E-state index in [0.29, 0.717) is 11.9 Å². The maximum Gasteiger partial charge on any atom is 0.233 e. The van der Waals surface area contributed by atoms with Crippen molar-refractivity contribution in [3.8, 4) is 0 Å². The molecule has 0 unspecified atom stereocenters. The minimum absolute atomic E-state index is 0. The number of hydrogen-bond donors (Lipinski definition) is 1. The number of nitrogens with zero attached hydrogens (tertiary/aromatic N) is 1. The van der Waals surface area contributed by atoms with E-state index in [-0.39, 0.29) is 17.8 Å². The van der Waals surface area contributed by atoms with E-state index in [2.05, 4.69) is 24.4 Å². The van der Waals surface area contributed by atoms with Crippen LogP contribution in [0, 0.1) is 0 Å². The topological polar surface area (TPSA) is 32.3 Å². The zero-order valence-electron chi connectivity index (χ0n) is 11.3. The highest BCUT2D eigenvalue weighted by molar-refractivity contribution is 5.91. The molecule has 0 radical (unpaired) electrons. The van der Waals surface area contributed by atoms with Gasteiger partial charge in [-0.2, -0.15) is 0 Å². The van der Waals surface area contributed by atoms with Crippen LogP contribution < -0.4 is 5.32 Å². The Morgan fingerprint density at radius 2 is 2.00 bits per heavy atom. The summed E-state index contributed by atoms with van der Waals surface area (Å²) < 4.78 is 0. The summed E-state index contributed by atoms with van der Waals surface area (Å²) in [6, 6.07) is 10.7. The molecule has 1 saturated heterocycles. The van der Waals surface area contributed by atoms with Gasteiger partial charge in [0.1, 0.15) is 0 Å². The predicted octanol–water partition coefficient (Wildman–Crippen LogP) is 1.96. The van der Waals surface area contributed by atoms with E-state index in [4.69, 9.17) is 0 Å². The molecule has 1 aliphatic carbocycles. The molecule has 1 saturated carbocycles. The minimum Gasteiger partial charge on any atom is -0.339 e. The van der Waals surface area contributed by atoms with Crippen LogP contribution in [0.2, 0.25) is 0 Å². The first-order chi connectivity index (χ1) is 8.72. The number of hydrogen-bond acceptors (Lipinski definition) is 2. The average Bonchev–Trinajstić information content (AvgIpc) is 3.20. The molecule has 2 aliphatic rings. The third-order valence-electron chi connectivity index (χ3n) is 4.14. The molecule has 19 heavy (non-hydrogen) atoms. The summed E-state index contributed by atoms with van der Waals surface area (Å²) in [5.74, 6) is 0.335. The van der Waals surface area contributed by atoms with Crippen LogP contribution in [-0.4, -0.2) is 36.5 Å². The lowest BCUT2D eigenvalue weighted by Gasteiger charge is -2.34. The number of amides is 1. The van der Waals surface area contributed by atoms with Crippen molar-refractivity contribution in [1.29, 1.82) is 0 Å². The van der Waals surface area contributed by atoms with Crippen molar-refractivity contribution >= 4 is 18.3 Å². The molecular formula is C15H21ClN2O. The molecule has 4 heteroatoms. The first kappa shape index (κ1) is 14.4. The highest BCUT2D eigenvalue weighted by atomic mass is 35.5. The lowest BCUT2D eigenvalue weighted by Crippen LogP contribution is -2.53. The molecule has 1 heterocycles. The van der Waals surface area contributed by atoms with E-state index in [9.17, 15) is 4.79 Å². The Morgan fingerprint density at radius 1 is 1.32 bits per heavy atom. The predicted molar refractivity (Wildman–Crippen MR) is 78.6 cm³/mol. The molecule has 3 nitrogen and oxygen atoms in total. The molecule has 0 spiro atoms. The Labute approximate surface area is 120 Å². The summed E-state index contributed by atoms with van der Waals surface area (Å²) in [5, 5.41) is 3.38. The number of benzene rings is 1. The third kappa shape index (κ3) is 2.63. The summed E-state index contributed by atoms with van der Waals surface area (Å²) in [4.78, 5) is 14.8. The van der Waals surface area contributed by atoms with Gasteiger partial charge in [0, 0.05) is 25.7 Å². The van der Waals surface area contributed by atoms with E-state index in [1.165, 1.54) is 5.56 Å². The Kier molecular flexibility index (Phi) is 4.16. The maximum atomic E-state index is 12.7. The van der Waals surface area contributed by atoms with Crippen molar-refractivity contribution in [2.45, 2.75) is 31.2 Å². The summed E-state index contributed by atoms with van der Waals surface area (Å²) in [6.45, 7) is 4.74. The molecule has 0 bridgehead atoms. The number of rotatable bonds is 2. The van der Waals surface area contributed by atoms with E-state index < -0.39 is 0 Å². The van der Waals surface area contributed by atoms with Gasteiger partial charge < -0.3 is 10.2 Å². The molecule has 1 aliphatic heterocycles. The number of nitrogens with one attached hydrogen (secondary N) is 1. The largest absolute Gasteiger partial charge is 0.339 e. The monoisotopic (exact) mass is 280 g/mol. The average molecular weight is 281 g/mol. The maximum absolute atomic E-state index is 12.7. The van der Waals surface area contributed by atoms with Crippen molar-refractivity contribution in [2.75, 3.05) is 19.6 Å². The summed E-state index contributed by atoms with van der Waals surface area (Å²) in [6.07, 6.45) is 2.02. The van der Waals surface area contributed by atoms with Crippen LogP contribution in [0.5, 0.6) is 0 Å².